The summed E-state index contributed by atoms with van der Waals surface area (Å²) in [5.74, 6) is 1.23. The number of thiazole rings is 1. The van der Waals surface area contributed by atoms with Gasteiger partial charge in [-0.2, -0.15) is 4.98 Å². The van der Waals surface area contributed by atoms with Crippen molar-refractivity contribution in [1.29, 1.82) is 0 Å². The fraction of sp³-hybridized carbons (Fsp3) is 0.545. The predicted molar refractivity (Wildman–Crippen MR) is 67.7 cm³/mol. The molecule has 0 radical (unpaired) electrons. The summed E-state index contributed by atoms with van der Waals surface area (Å²) in [4.78, 5) is 9.37. The molecular formula is C11H16N4OS. The van der Waals surface area contributed by atoms with Crippen LogP contribution in [0.5, 0.6) is 0 Å². The molecule has 17 heavy (non-hydrogen) atoms. The van der Waals surface area contributed by atoms with E-state index < -0.39 is 0 Å². The van der Waals surface area contributed by atoms with Gasteiger partial charge in [0.2, 0.25) is 0 Å². The van der Waals surface area contributed by atoms with Crippen LogP contribution in [-0.4, -0.2) is 15.1 Å². The molecule has 0 saturated heterocycles. The third kappa shape index (κ3) is 2.82. The SMILES string of the molecule is Cc1nc(N)sc1-c1nc(CC(C)(C)C)no1. The zero-order valence-corrected chi connectivity index (χ0v) is 11.3. The van der Waals surface area contributed by atoms with Crippen LogP contribution in [0.4, 0.5) is 5.13 Å². The lowest BCUT2D eigenvalue weighted by Gasteiger charge is -2.14. The fourth-order valence-corrected chi connectivity index (χ4v) is 2.26. The molecule has 0 amide bonds. The number of aromatic nitrogens is 3. The molecule has 0 aliphatic heterocycles. The van der Waals surface area contributed by atoms with Crippen molar-refractivity contribution < 1.29 is 4.52 Å². The minimum absolute atomic E-state index is 0.142. The predicted octanol–water partition coefficient (Wildman–Crippen LogP) is 2.67. The molecule has 0 aliphatic carbocycles. The van der Waals surface area contributed by atoms with Crippen molar-refractivity contribution in [3.05, 3.63) is 11.5 Å². The molecule has 2 N–H and O–H groups in total. The average molecular weight is 252 g/mol. The first kappa shape index (κ1) is 12.0. The molecular weight excluding hydrogens is 236 g/mol. The van der Waals surface area contributed by atoms with Crippen LogP contribution in [0.3, 0.4) is 0 Å². The molecule has 0 fully saturated rings. The monoisotopic (exact) mass is 252 g/mol. The van der Waals surface area contributed by atoms with E-state index in [4.69, 9.17) is 10.3 Å². The van der Waals surface area contributed by atoms with Gasteiger partial charge in [0.25, 0.3) is 5.89 Å². The number of anilines is 1. The Labute approximate surface area is 104 Å². The molecule has 0 spiro atoms. The Balaban J connectivity index is 2.27. The van der Waals surface area contributed by atoms with Gasteiger partial charge in [0.1, 0.15) is 4.88 Å². The van der Waals surface area contributed by atoms with Gasteiger partial charge in [-0.1, -0.05) is 37.3 Å². The van der Waals surface area contributed by atoms with E-state index in [1.807, 2.05) is 6.92 Å². The summed E-state index contributed by atoms with van der Waals surface area (Å²) in [6, 6.07) is 0. The highest BCUT2D eigenvalue weighted by molar-refractivity contribution is 7.18. The Morgan fingerprint density at radius 1 is 1.29 bits per heavy atom. The second-order valence-electron chi connectivity index (χ2n) is 5.22. The van der Waals surface area contributed by atoms with Gasteiger partial charge < -0.3 is 10.3 Å². The molecule has 0 atom stereocenters. The summed E-state index contributed by atoms with van der Waals surface area (Å²) in [6.07, 6.45) is 0.782. The van der Waals surface area contributed by atoms with E-state index in [1.54, 1.807) is 0 Å². The largest absolute Gasteiger partial charge is 0.375 e. The molecule has 2 aromatic heterocycles. The lowest BCUT2D eigenvalue weighted by Crippen LogP contribution is -2.10. The van der Waals surface area contributed by atoms with Gasteiger partial charge in [0, 0.05) is 6.42 Å². The first-order valence-electron chi connectivity index (χ1n) is 5.41. The van der Waals surface area contributed by atoms with Gasteiger partial charge in [0.05, 0.1) is 5.69 Å². The number of hydrogen-bond acceptors (Lipinski definition) is 6. The van der Waals surface area contributed by atoms with E-state index in [-0.39, 0.29) is 5.41 Å². The van der Waals surface area contributed by atoms with Gasteiger partial charge in [-0.05, 0) is 12.3 Å². The third-order valence-corrected chi connectivity index (χ3v) is 3.14. The van der Waals surface area contributed by atoms with Crippen molar-refractivity contribution in [2.24, 2.45) is 5.41 Å². The molecule has 2 aromatic rings. The normalized spacial score (nSPS) is 12.0. The van der Waals surface area contributed by atoms with E-state index >= 15 is 0 Å². The molecule has 2 heterocycles. The van der Waals surface area contributed by atoms with Gasteiger partial charge in [-0.25, -0.2) is 4.98 Å². The summed E-state index contributed by atoms with van der Waals surface area (Å²) >= 11 is 1.37. The molecule has 5 nitrogen and oxygen atoms in total. The maximum absolute atomic E-state index is 5.64. The van der Waals surface area contributed by atoms with Crippen molar-refractivity contribution in [2.75, 3.05) is 5.73 Å². The quantitative estimate of drug-likeness (QED) is 0.889. The maximum Gasteiger partial charge on any atom is 0.269 e. The highest BCUT2D eigenvalue weighted by Gasteiger charge is 2.19. The smallest absolute Gasteiger partial charge is 0.269 e. The summed E-state index contributed by atoms with van der Waals surface area (Å²) in [6.45, 7) is 8.30. The number of nitrogens with zero attached hydrogens (tertiary/aromatic N) is 3. The lowest BCUT2D eigenvalue weighted by molar-refractivity contribution is 0.375. The number of hydrogen-bond donors (Lipinski definition) is 1. The summed E-state index contributed by atoms with van der Waals surface area (Å²) in [5, 5.41) is 4.50. The van der Waals surface area contributed by atoms with Crippen molar-refractivity contribution in [3.8, 4) is 10.8 Å². The van der Waals surface area contributed by atoms with Crippen molar-refractivity contribution in [2.45, 2.75) is 34.1 Å². The second-order valence-corrected chi connectivity index (χ2v) is 6.25. The summed E-state index contributed by atoms with van der Waals surface area (Å²) in [5.41, 5.74) is 6.62. The third-order valence-electron chi connectivity index (χ3n) is 2.16. The van der Waals surface area contributed by atoms with Gasteiger partial charge in [0.15, 0.2) is 11.0 Å². The van der Waals surface area contributed by atoms with Crippen LogP contribution >= 0.6 is 11.3 Å². The fourth-order valence-electron chi connectivity index (χ4n) is 1.51. The van der Waals surface area contributed by atoms with E-state index in [0.717, 1.165) is 22.8 Å². The lowest BCUT2D eigenvalue weighted by atomic mass is 9.92. The first-order chi connectivity index (χ1) is 7.85. The Morgan fingerprint density at radius 3 is 2.53 bits per heavy atom. The number of aryl methyl sites for hydroxylation is 1. The summed E-state index contributed by atoms with van der Waals surface area (Å²) < 4.78 is 5.24. The molecule has 0 saturated carbocycles. The zero-order valence-electron chi connectivity index (χ0n) is 10.4. The number of nitrogens with two attached hydrogens (primary N) is 1. The van der Waals surface area contributed by atoms with Crippen LogP contribution in [0.25, 0.3) is 10.8 Å². The van der Waals surface area contributed by atoms with Crippen LogP contribution in [0.1, 0.15) is 32.3 Å². The summed E-state index contributed by atoms with van der Waals surface area (Å²) in [7, 11) is 0. The van der Waals surface area contributed by atoms with Crippen LogP contribution in [-0.2, 0) is 6.42 Å². The van der Waals surface area contributed by atoms with E-state index in [9.17, 15) is 0 Å². The van der Waals surface area contributed by atoms with E-state index in [0.29, 0.717) is 11.0 Å². The van der Waals surface area contributed by atoms with E-state index in [1.165, 1.54) is 11.3 Å². The van der Waals surface area contributed by atoms with E-state index in [2.05, 4.69) is 35.9 Å². The van der Waals surface area contributed by atoms with Crippen LogP contribution < -0.4 is 5.73 Å². The maximum atomic E-state index is 5.64. The molecule has 0 aliphatic rings. The Hall–Kier alpha value is -1.43. The molecule has 6 heteroatoms. The van der Waals surface area contributed by atoms with Gasteiger partial charge in [-0.3, -0.25) is 0 Å². The van der Waals surface area contributed by atoms with Gasteiger partial charge >= 0.3 is 0 Å². The zero-order chi connectivity index (χ0) is 12.6. The standard InChI is InChI=1S/C11H16N4OS/c1-6-8(17-10(12)13-6)9-14-7(15-16-9)5-11(2,3)4/h5H2,1-4H3,(H2,12,13). The first-order valence-corrected chi connectivity index (χ1v) is 6.23. The number of nitrogen functional groups attached to an aromatic ring is 1. The average Bonchev–Trinajstić information content (AvgIpc) is 2.70. The Morgan fingerprint density at radius 2 is 2.00 bits per heavy atom. The molecule has 0 unspecified atom stereocenters. The van der Waals surface area contributed by atoms with Crippen molar-refractivity contribution in [3.63, 3.8) is 0 Å². The van der Waals surface area contributed by atoms with Crippen LogP contribution in [0.2, 0.25) is 0 Å². The number of rotatable bonds is 2. The minimum Gasteiger partial charge on any atom is -0.375 e. The topological polar surface area (TPSA) is 77.8 Å². The van der Waals surface area contributed by atoms with Gasteiger partial charge in [-0.15, -0.1) is 0 Å². The molecule has 2 rings (SSSR count). The second kappa shape index (κ2) is 4.10. The highest BCUT2D eigenvalue weighted by atomic mass is 32.1. The highest BCUT2D eigenvalue weighted by Crippen LogP contribution is 2.30. The van der Waals surface area contributed by atoms with Crippen molar-refractivity contribution >= 4 is 16.5 Å². The molecule has 0 bridgehead atoms. The Kier molecular flexibility index (Phi) is 2.91. The van der Waals surface area contributed by atoms with Crippen LogP contribution in [0.15, 0.2) is 4.52 Å². The van der Waals surface area contributed by atoms with Crippen molar-refractivity contribution in [1.82, 2.24) is 15.1 Å². The minimum atomic E-state index is 0.142. The molecule has 0 aromatic carbocycles. The Bertz CT molecular complexity index is 524. The van der Waals surface area contributed by atoms with Crippen LogP contribution in [0, 0.1) is 12.3 Å². The molecule has 92 valence electrons.